The largest absolute Gasteiger partial charge is 0.327 e. The Balaban J connectivity index is 2.56. The summed E-state index contributed by atoms with van der Waals surface area (Å²) in [7, 11) is 0. The van der Waals surface area contributed by atoms with Crippen molar-refractivity contribution in [3.05, 3.63) is 35.1 Å². The third kappa shape index (κ3) is 4.22. The van der Waals surface area contributed by atoms with Gasteiger partial charge in [-0.1, -0.05) is 13.0 Å². The average molecular weight is 227 g/mol. The molecule has 1 aromatic rings. The molecule has 0 aromatic heterocycles. The van der Waals surface area contributed by atoms with E-state index >= 15 is 0 Å². The highest BCUT2D eigenvalue weighted by molar-refractivity contribution is 7.99. The molecule has 0 aliphatic rings. The van der Waals surface area contributed by atoms with Gasteiger partial charge in [-0.2, -0.15) is 11.8 Å². The molecule has 0 bridgehead atoms. The molecule has 84 valence electrons. The highest BCUT2D eigenvalue weighted by Crippen LogP contribution is 2.13. The van der Waals surface area contributed by atoms with E-state index in [0.717, 1.165) is 29.1 Å². The summed E-state index contributed by atoms with van der Waals surface area (Å²) in [6, 6.07) is 5.07. The molecular formula is C12H18FNS. The van der Waals surface area contributed by atoms with Crippen LogP contribution < -0.4 is 5.73 Å². The van der Waals surface area contributed by atoms with Gasteiger partial charge in [0.25, 0.3) is 0 Å². The molecule has 1 aromatic carbocycles. The monoisotopic (exact) mass is 227 g/mol. The first-order valence-electron chi connectivity index (χ1n) is 5.21. The number of benzene rings is 1. The van der Waals surface area contributed by atoms with E-state index in [0.29, 0.717) is 0 Å². The number of thioether (sulfide) groups is 1. The molecule has 3 heteroatoms. The Morgan fingerprint density at radius 3 is 2.80 bits per heavy atom. The molecular weight excluding hydrogens is 209 g/mol. The molecule has 0 spiro atoms. The Hall–Kier alpha value is -0.540. The summed E-state index contributed by atoms with van der Waals surface area (Å²) in [5, 5.41) is 0. The second kappa shape index (κ2) is 6.13. The minimum absolute atomic E-state index is 0.166. The predicted octanol–water partition coefficient (Wildman–Crippen LogP) is 2.76. The number of rotatable bonds is 5. The van der Waals surface area contributed by atoms with E-state index in [4.69, 9.17) is 5.73 Å². The van der Waals surface area contributed by atoms with Crippen molar-refractivity contribution in [2.24, 2.45) is 5.73 Å². The molecule has 0 fully saturated rings. The molecule has 0 aliphatic carbocycles. The summed E-state index contributed by atoms with van der Waals surface area (Å²) in [6.45, 7) is 4.05. The fourth-order valence-electron chi connectivity index (χ4n) is 1.50. The first-order chi connectivity index (χ1) is 7.13. The second-order valence-corrected chi connectivity index (χ2v) is 5.01. The standard InChI is InChI=1S/C12H18FNS/c1-3-15-8-12(14)7-10-4-5-11(13)6-9(10)2/h4-6,12H,3,7-8,14H2,1-2H3. The fraction of sp³-hybridized carbons (Fsp3) is 0.500. The van der Waals surface area contributed by atoms with Crippen LogP contribution >= 0.6 is 11.8 Å². The van der Waals surface area contributed by atoms with Crippen LogP contribution in [0.5, 0.6) is 0 Å². The van der Waals surface area contributed by atoms with E-state index in [1.165, 1.54) is 6.07 Å². The van der Waals surface area contributed by atoms with Crippen molar-refractivity contribution in [3.63, 3.8) is 0 Å². The van der Waals surface area contributed by atoms with Gasteiger partial charge in [0.2, 0.25) is 0 Å². The molecule has 1 atom stereocenters. The van der Waals surface area contributed by atoms with Crippen LogP contribution in [0, 0.1) is 12.7 Å². The van der Waals surface area contributed by atoms with E-state index in [1.807, 2.05) is 24.8 Å². The van der Waals surface area contributed by atoms with E-state index in [-0.39, 0.29) is 11.9 Å². The lowest BCUT2D eigenvalue weighted by Gasteiger charge is -2.12. The van der Waals surface area contributed by atoms with Crippen LogP contribution in [0.1, 0.15) is 18.1 Å². The molecule has 1 nitrogen and oxygen atoms in total. The molecule has 0 aliphatic heterocycles. The van der Waals surface area contributed by atoms with Crippen LogP contribution in [0.3, 0.4) is 0 Å². The number of hydrogen-bond donors (Lipinski definition) is 1. The summed E-state index contributed by atoms with van der Waals surface area (Å²) < 4.78 is 12.9. The van der Waals surface area contributed by atoms with Crippen molar-refractivity contribution in [2.45, 2.75) is 26.3 Å². The third-order valence-corrected chi connectivity index (χ3v) is 3.39. The third-order valence-electron chi connectivity index (χ3n) is 2.32. The summed E-state index contributed by atoms with van der Waals surface area (Å²) in [5.41, 5.74) is 8.13. The Kier molecular flexibility index (Phi) is 5.12. The lowest BCUT2D eigenvalue weighted by atomic mass is 10.0. The maximum Gasteiger partial charge on any atom is 0.123 e. The fourth-order valence-corrected chi connectivity index (χ4v) is 2.16. The minimum Gasteiger partial charge on any atom is -0.327 e. The maximum atomic E-state index is 12.9. The zero-order valence-corrected chi connectivity index (χ0v) is 10.1. The van der Waals surface area contributed by atoms with Gasteiger partial charge in [0.1, 0.15) is 5.82 Å². The molecule has 0 saturated carbocycles. The topological polar surface area (TPSA) is 26.0 Å². The summed E-state index contributed by atoms with van der Waals surface area (Å²) in [4.78, 5) is 0. The van der Waals surface area contributed by atoms with E-state index in [9.17, 15) is 4.39 Å². The van der Waals surface area contributed by atoms with E-state index in [1.54, 1.807) is 6.07 Å². The van der Waals surface area contributed by atoms with Gasteiger partial charge in [-0.15, -0.1) is 0 Å². The van der Waals surface area contributed by atoms with Gasteiger partial charge in [-0.3, -0.25) is 0 Å². The normalized spacial score (nSPS) is 12.8. The van der Waals surface area contributed by atoms with Gasteiger partial charge in [0, 0.05) is 11.8 Å². The maximum absolute atomic E-state index is 12.9. The van der Waals surface area contributed by atoms with Gasteiger partial charge < -0.3 is 5.73 Å². The SMILES string of the molecule is CCSCC(N)Cc1ccc(F)cc1C. The predicted molar refractivity (Wildman–Crippen MR) is 65.8 cm³/mol. The highest BCUT2D eigenvalue weighted by Gasteiger charge is 2.06. The van der Waals surface area contributed by atoms with Crippen LogP contribution in [0.2, 0.25) is 0 Å². The highest BCUT2D eigenvalue weighted by atomic mass is 32.2. The van der Waals surface area contributed by atoms with Gasteiger partial charge in [0.05, 0.1) is 0 Å². The Morgan fingerprint density at radius 1 is 1.47 bits per heavy atom. The van der Waals surface area contributed by atoms with Crippen molar-refractivity contribution in [1.29, 1.82) is 0 Å². The summed E-state index contributed by atoms with van der Waals surface area (Å²) in [6.07, 6.45) is 0.832. The van der Waals surface area contributed by atoms with Gasteiger partial charge >= 0.3 is 0 Å². The van der Waals surface area contributed by atoms with Crippen LogP contribution in [-0.4, -0.2) is 17.5 Å². The first kappa shape index (κ1) is 12.5. The van der Waals surface area contributed by atoms with Crippen molar-refractivity contribution in [2.75, 3.05) is 11.5 Å². The number of aryl methyl sites for hydroxylation is 1. The molecule has 0 saturated heterocycles. The smallest absolute Gasteiger partial charge is 0.123 e. The van der Waals surface area contributed by atoms with Crippen LogP contribution in [0.4, 0.5) is 4.39 Å². The second-order valence-electron chi connectivity index (χ2n) is 3.69. The molecule has 1 unspecified atom stereocenters. The Morgan fingerprint density at radius 2 is 2.20 bits per heavy atom. The quantitative estimate of drug-likeness (QED) is 0.837. The number of halogens is 1. The average Bonchev–Trinajstić information content (AvgIpc) is 2.19. The Bertz CT molecular complexity index is 314. The van der Waals surface area contributed by atoms with Gasteiger partial charge in [-0.25, -0.2) is 4.39 Å². The van der Waals surface area contributed by atoms with E-state index in [2.05, 4.69) is 6.92 Å². The van der Waals surface area contributed by atoms with Crippen LogP contribution in [0.25, 0.3) is 0 Å². The van der Waals surface area contributed by atoms with Gasteiger partial charge in [0.15, 0.2) is 0 Å². The minimum atomic E-state index is -0.173. The lowest BCUT2D eigenvalue weighted by molar-refractivity contribution is 0.624. The number of hydrogen-bond acceptors (Lipinski definition) is 2. The van der Waals surface area contributed by atoms with Crippen molar-refractivity contribution in [1.82, 2.24) is 0 Å². The number of nitrogens with two attached hydrogens (primary N) is 1. The molecule has 0 radical (unpaired) electrons. The molecule has 2 N–H and O–H groups in total. The summed E-state index contributed by atoms with van der Waals surface area (Å²) >= 11 is 1.85. The summed E-state index contributed by atoms with van der Waals surface area (Å²) in [5.74, 6) is 1.89. The molecule has 0 heterocycles. The van der Waals surface area contributed by atoms with Gasteiger partial charge in [-0.05, 0) is 42.4 Å². The van der Waals surface area contributed by atoms with Crippen molar-refractivity contribution >= 4 is 11.8 Å². The van der Waals surface area contributed by atoms with Crippen molar-refractivity contribution < 1.29 is 4.39 Å². The zero-order valence-electron chi connectivity index (χ0n) is 9.29. The molecule has 0 amide bonds. The Labute approximate surface area is 95.2 Å². The zero-order chi connectivity index (χ0) is 11.3. The lowest BCUT2D eigenvalue weighted by Crippen LogP contribution is -2.26. The first-order valence-corrected chi connectivity index (χ1v) is 6.37. The molecule has 15 heavy (non-hydrogen) atoms. The van der Waals surface area contributed by atoms with Crippen molar-refractivity contribution in [3.8, 4) is 0 Å². The van der Waals surface area contributed by atoms with E-state index < -0.39 is 0 Å². The van der Waals surface area contributed by atoms with Crippen LogP contribution in [0.15, 0.2) is 18.2 Å². The van der Waals surface area contributed by atoms with Crippen LogP contribution in [-0.2, 0) is 6.42 Å². The molecule has 1 rings (SSSR count).